The van der Waals surface area contributed by atoms with Crippen molar-refractivity contribution in [1.82, 2.24) is 9.13 Å². The van der Waals surface area contributed by atoms with Gasteiger partial charge in [0.1, 0.15) is 6.07 Å². The third-order valence-electron chi connectivity index (χ3n) is 10.1. The van der Waals surface area contributed by atoms with Gasteiger partial charge in [-0.1, -0.05) is 108 Å². The van der Waals surface area contributed by atoms with Crippen LogP contribution in [0.4, 0.5) is 5.69 Å². The fourth-order valence-electron chi connectivity index (χ4n) is 7.42. The maximum absolute atomic E-state index is 10.2. The number of fused-ring (bicyclic) bond motifs is 6. The predicted molar refractivity (Wildman–Crippen MR) is 209 cm³/mol. The van der Waals surface area contributed by atoms with Gasteiger partial charge in [0, 0.05) is 27.2 Å². The van der Waals surface area contributed by atoms with E-state index in [2.05, 4.69) is 165 Å². The van der Waals surface area contributed by atoms with Gasteiger partial charge in [-0.3, -0.25) is 0 Å². The Morgan fingerprint density at radius 3 is 1.92 bits per heavy atom. The number of hydrogen-bond donors (Lipinski definition) is 0. The minimum absolute atomic E-state index is 0.0325. The number of para-hydroxylation sites is 1. The molecule has 6 aromatic carbocycles. The van der Waals surface area contributed by atoms with Crippen LogP contribution in [0.1, 0.15) is 58.2 Å². The first-order valence-electron chi connectivity index (χ1n) is 17.1. The van der Waals surface area contributed by atoms with E-state index in [-0.39, 0.29) is 10.8 Å². The van der Waals surface area contributed by atoms with Crippen molar-refractivity contribution in [3.63, 3.8) is 0 Å². The molecular weight excluding hydrogens is 609 g/mol. The van der Waals surface area contributed by atoms with Crippen molar-refractivity contribution in [2.24, 2.45) is 0 Å². The lowest BCUT2D eigenvalue weighted by atomic mass is 9.86. The van der Waals surface area contributed by atoms with Gasteiger partial charge in [0.2, 0.25) is 0 Å². The van der Waals surface area contributed by atoms with Gasteiger partial charge in [-0.25, -0.2) is 4.85 Å². The molecule has 0 radical (unpaired) electrons. The zero-order chi connectivity index (χ0) is 34.9. The Kier molecular flexibility index (Phi) is 7.00. The van der Waals surface area contributed by atoms with Gasteiger partial charge in [0.15, 0.2) is 5.69 Å². The minimum Gasteiger partial charge on any atom is -0.309 e. The van der Waals surface area contributed by atoms with Crippen molar-refractivity contribution in [2.75, 3.05) is 0 Å². The number of benzene rings is 6. The van der Waals surface area contributed by atoms with E-state index >= 15 is 0 Å². The maximum Gasteiger partial charge on any atom is 0.189 e. The Hall–Kier alpha value is -6.10. The molecule has 242 valence electrons. The third-order valence-corrected chi connectivity index (χ3v) is 10.1. The van der Waals surface area contributed by atoms with Gasteiger partial charge in [-0.2, -0.15) is 5.26 Å². The number of nitriles is 1. The largest absolute Gasteiger partial charge is 0.309 e. The highest BCUT2D eigenvalue weighted by Crippen LogP contribution is 2.43. The summed E-state index contributed by atoms with van der Waals surface area (Å²) in [7, 11) is 0. The molecule has 0 N–H and O–H groups in total. The van der Waals surface area contributed by atoms with Crippen LogP contribution >= 0.6 is 0 Å². The summed E-state index contributed by atoms with van der Waals surface area (Å²) in [6, 6.07) is 45.2. The molecule has 8 aromatic rings. The van der Waals surface area contributed by atoms with Crippen LogP contribution in [0.3, 0.4) is 0 Å². The second-order valence-electron chi connectivity index (χ2n) is 15.3. The Morgan fingerprint density at radius 2 is 1.26 bits per heavy atom. The standard InChI is InChI=1S/C46H38N4/c1-45(2,3)31-18-22-39-37(25-31)36-21-17-29(24-43(36)49(39)34-12-9-8-10-13-34)35-14-11-15-41-44(35)38-26-32(46(4,5)6)19-23-40(38)50(41)42-27-33(48-7)20-16-30(42)28-47/h8-27H,1-6H3. The molecule has 0 aliphatic carbocycles. The fourth-order valence-corrected chi connectivity index (χ4v) is 7.42. The van der Waals surface area contributed by atoms with Crippen molar-refractivity contribution in [3.05, 3.63) is 149 Å². The fraction of sp³-hybridized carbons (Fsp3) is 0.174. The van der Waals surface area contributed by atoms with Crippen molar-refractivity contribution < 1.29 is 0 Å². The highest BCUT2D eigenvalue weighted by molar-refractivity contribution is 6.17. The summed E-state index contributed by atoms with van der Waals surface area (Å²) in [6.07, 6.45) is 0. The van der Waals surface area contributed by atoms with E-state index in [1.165, 1.54) is 27.4 Å². The van der Waals surface area contributed by atoms with Gasteiger partial charge in [0.05, 0.1) is 39.9 Å². The molecule has 50 heavy (non-hydrogen) atoms. The summed E-state index contributed by atoms with van der Waals surface area (Å²) in [5.74, 6) is 0. The lowest BCUT2D eigenvalue weighted by molar-refractivity contribution is 0.591. The number of hydrogen-bond acceptors (Lipinski definition) is 1. The molecule has 2 heterocycles. The minimum atomic E-state index is -0.0547. The highest BCUT2D eigenvalue weighted by Gasteiger charge is 2.23. The van der Waals surface area contributed by atoms with E-state index < -0.39 is 0 Å². The third kappa shape index (κ3) is 4.88. The van der Waals surface area contributed by atoms with Gasteiger partial charge in [-0.15, -0.1) is 0 Å². The Labute approximate surface area is 293 Å². The summed E-state index contributed by atoms with van der Waals surface area (Å²) in [5.41, 5.74) is 12.0. The molecule has 8 rings (SSSR count). The smallest absolute Gasteiger partial charge is 0.189 e. The molecule has 0 saturated carbocycles. The maximum atomic E-state index is 10.2. The Bertz CT molecular complexity index is 2730. The molecule has 4 heteroatoms. The highest BCUT2D eigenvalue weighted by atomic mass is 15.0. The second-order valence-corrected chi connectivity index (χ2v) is 15.3. The summed E-state index contributed by atoms with van der Waals surface area (Å²) in [6.45, 7) is 21.2. The van der Waals surface area contributed by atoms with Gasteiger partial charge in [-0.05, 0) is 87.7 Å². The Morgan fingerprint density at radius 1 is 0.580 bits per heavy atom. The average molecular weight is 647 g/mol. The Balaban J connectivity index is 1.48. The van der Waals surface area contributed by atoms with Crippen LogP contribution in [0.5, 0.6) is 0 Å². The summed E-state index contributed by atoms with van der Waals surface area (Å²) in [4.78, 5) is 3.71. The summed E-state index contributed by atoms with van der Waals surface area (Å²) >= 11 is 0. The van der Waals surface area contributed by atoms with Gasteiger partial charge in [0.25, 0.3) is 0 Å². The molecule has 2 aromatic heterocycles. The van der Waals surface area contributed by atoms with E-state index in [1.54, 1.807) is 12.1 Å². The topological polar surface area (TPSA) is 38.0 Å². The van der Waals surface area contributed by atoms with Crippen LogP contribution in [0.2, 0.25) is 0 Å². The number of aromatic nitrogens is 2. The number of nitrogens with zero attached hydrogens (tertiary/aromatic N) is 4. The normalized spacial score (nSPS) is 12.2. The van der Waals surface area contributed by atoms with Crippen molar-refractivity contribution in [1.29, 1.82) is 5.26 Å². The van der Waals surface area contributed by atoms with Crippen molar-refractivity contribution in [3.8, 4) is 28.6 Å². The lowest BCUT2D eigenvalue weighted by Crippen LogP contribution is -2.10. The van der Waals surface area contributed by atoms with E-state index in [4.69, 9.17) is 6.57 Å². The monoisotopic (exact) mass is 646 g/mol. The van der Waals surface area contributed by atoms with E-state index in [1.807, 2.05) is 6.07 Å². The van der Waals surface area contributed by atoms with Crippen LogP contribution in [-0.2, 0) is 10.8 Å². The zero-order valence-corrected chi connectivity index (χ0v) is 29.3. The van der Waals surface area contributed by atoms with E-state index in [9.17, 15) is 5.26 Å². The molecule has 0 fully saturated rings. The lowest BCUT2D eigenvalue weighted by Gasteiger charge is -2.19. The molecule has 0 bridgehead atoms. The quantitative estimate of drug-likeness (QED) is 0.176. The molecule has 0 aliphatic heterocycles. The molecule has 0 aliphatic rings. The van der Waals surface area contributed by atoms with Crippen LogP contribution in [-0.4, -0.2) is 9.13 Å². The second kappa shape index (κ2) is 11.2. The summed E-state index contributed by atoms with van der Waals surface area (Å²) in [5, 5.41) is 14.9. The molecule has 0 unspecified atom stereocenters. The molecule has 0 amide bonds. The van der Waals surface area contributed by atoms with E-state index in [0.29, 0.717) is 11.3 Å². The molecule has 0 atom stereocenters. The molecule has 0 spiro atoms. The van der Waals surface area contributed by atoms with Crippen LogP contribution in [0.25, 0.3) is 71.0 Å². The van der Waals surface area contributed by atoms with Crippen LogP contribution in [0, 0.1) is 17.9 Å². The van der Waals surface area contributed by atoms with Crippen molar-refractivity contribution >= 4 is 49.3 Å². The van der Waals surface area contributed by atoms with Crippen molar-refractivity contribution in [2.45, 2.75) is 52.4 Å². The number of rotatable bonds is 3. The van der Waals surface area contributed by atoms with Gasteiger partial charge < -0.3 is 9.13 Å². The van der Waals surface area contributed by atoms with E-state index in [0.717, 1.165) is 49.8 Å². The summed E-state index contributed by atoms with van der Waals surface area (Å²) < 4.78 is 4.55. The predicted octanol–water partition coefficient (Wildman–Crippen LogP) is 12.6. The molecule has 0 saturated heterocycles. The van der Waals surface area contributed by atoms with Crippen LogP contribution < -0.4 is 0 Å². The first-order chi connectivity index (χ1) is 24.0. The molecule has 4 nitrogen and oxygen atoms in total. The first-order valence-corrected chi connectivity index (χ1v) is 17.1. The SMILES string of the molecule is [C-]#[N+]c1ccc(C#N)c(-n2c3ccc(C(C)(C)C)cc3c3c(-c4ccc5c6cc(C(C)(C)C)ccc6n(-c6ccccc6)c5c4)cccc32)c1. The van der Waals surface area contributed by atoms with Gasteiger partial charge >= 0.3 is 0 Å². The zero-order valence-electron chi connectivity index (χ0n) is 29.3. The molecular formula is C46H38N4. The van der Waals surface area contributed by atoms with Crippen LogP contribution in [0.15, 0.2) is 121 Å². The average Bonchev–Trinajstić information content (AvgIpc) is 3.62. The first kappa shape index (κ1) is 31.2.